The van der Waals surface area contributed by atoms with Gasteiger partial charge in [0.2, 0.25) is 0 Å². The number of carbonyl (C=O) groups is 1. The molecule has 0 aliphatic carbocycles. The van der Waals surface area contributed by atoms with Crippen LogP contribution < -0.4 is 10.2 Å². The number of carbonyl (C=O) groups excluding carboxylic acids is 1. The fourth-order valence-corrected chi connectivity index (χ4v) is 4.82. The number of urea groups is 1. The number of para-hydroxylation sites is 2. The molecule has 0 unspecified atom stereocenters. The summed E-state index contributed by atoms with van der Waals surface area (Å²) in [4.78, 5) is 17.6. The Morgan fingerprint density at radius 2 is 1.07 bits per heavy atom. The van der Waals surface area contributed by atoms with Crippen LogP contribution in [0.25, 0.3) is 0 Å². The molecule has 1 heterocycles. The lowest BCUT2D eigenvalue weighted by atomic mass is 9.99. The van der Waals surface area contributed by atoms with Crippen molar-refractivity contribution >= 4 is 29.2 Å². The summed E-state index contributed by atoms with van der Waals surface area (Å²) in [6, 6.07) is 35.8. The molecular formula is C26H20N2OS. The van der Waals surface area contributed by atoms with Gasteiger partial charge in [0.05, 0.1) is 17.4 Å². The van der Waals surface area contributed by atoms with E-state index in [4.69, 9.17) is 0 Å². The maximum Gasteiger partial charge on any atom is 0.327 e. The molecule has 4 aromatic rings. The van der Waals surface area contributed by atoms with Crippen molar-refractivity contribution in [3.63, 3.8) is 0 Å². The molecule has 0 radical (unpaired) electrons. The number of rotatable bonds is 3. The highest BCUT2D eigenvalue weighted by Gasteiger charge is 2.29. The van der Waals surface area contributed by atoms with Gasteiger partial charge >= 0.3 is 6.03 Å². The van der Waals surface area contributed by atoms with Gasteiger partial charge in [-0.15, -0.1) is 0 Å². The molecule has 146 valence electrons. The average molecular weight is 409 g/mol. The summed E-state index contributed by atoms with van der Waals surface area (Å²) in [5.41, 5.74) is 3.90. The SMILES string of the molecule is O=C(NC(c1ccccc1)c1ccccc1)N1c2ccccc2Sc2ccccc21. The van der Waals surface area contributed by atoms with Gasteiger partial charge in [-0.3, -0.25) is 4.90 Å². The van der Waals surface area contributed by atoms with Gasteiger partial charge in [-0.05, 0) is 35.4 Å². The third kappa shape index (κ3) is 3.46. The van der Waals surface area contributed by atoms with E-state index in [-0.39, 0.29) is 12.1 Å². The lowest BCUT2D eigenvalue weighted by Crippen LogP contribution is -2.40. The number of amides is 2. The predicted molar refractivity (Wildman–Crippen MR) is 122 cm³/mol. The molecule has 0 spiro atoms. The van der Waals surface area contributed by atoms with Crippen LogP contribution in [0.2, 0.25) is 0 Å². The van der Waals surface area contributed by atoms with Gasteiger partial charge in [0.25, 0.3) is 0 Å². The molecule has 4 heteroatoms. The van der Waals surface area contributed by atoms with Gasteiger partial charge in [-0.25, -0.2) is 4.79 Å². The Kier molecular flexibility index (Phi) is 4.99. The van der Waals surface area contributed by atoms with Crippen LogP contribution in [0.4, 0.5) is 16.2 Å². The van der Waals surface area contributed by atoms with E-state index in [1.165, 1.54) is 0 Å². The molecule has 3 nitrogen and oxygen atoms in total. The molecule has 1 aliphatic heterocycles. The van der Waals surface area contributed by atoms with Crippen LogP contribution in [0, 0.1) is 0 Å². The predicted octanol–water partition coefficient (Wildman–Crippen LogP) is 6.79. The van der Waals surface area contributed by atoms with E-state index in [9.17, 15) is 4.79 Å². The van der Waals surface area contributed by atoms with Gasteiger partial charge in [0.15, 0.2) is 0 Å². The molecule has 1 N–H and O–H groups in total. The monoisotopic (exact) mass is 408 g/mol. The molecule has 30 heavy (non-hydrogen) atoms. The van der Waals surface area contributed by atoms with E-state index in [2.05, 4.69) is 17.4 Å². The molecule has 0 aromatic heterocycles. The highest BCUT2D eigenvalue weighted by molar-refractivity contribution is 7.99. The fraction of sp³-hybridized carbons (Fsp3) is 0.0385. The average Bonchev–Trinajstić information content (AvgIpc) is 2.82. The minimum atomic E-state index is -0.242. The Hall–Kier alpha value is -3.50. The maximum atomic E-state index is 13.7. The van der Waals surface area contributed by atoms with Crippen molar-refractivity contribution in [2.24, 2.45) is 0 Å². The summed E-state index contributed by atoms with van der Waals surface area (Å²) in [7, 11) is 0. The van der Waals surface area contributed by atoms with Crippen LogP contribution in [0.15, 0.2) is 119 Å². The summed E-state index contributed by atoms with van der Waals surface area (Å²) < 4.78 is 0. The summed E-state index contributed by atoms with van der Waals surface area (Å²) >= 11 is 1.69. The molecule has 0 bridgehead atoms. The van der Waals surface area contributed by atoms with E-state index in [1.54, 1.807) is 16.7 Å². The second-order valence-corrected chi connectivity index (χ2v) is 8.16. The van der Waals surface area contributed by atoms with Crippen molar-refractivity contribution in [3.05, 3.63) is 120 Å². The van der Waals surface area contributed by atoms with E-state index in [1.807, 2.05) is 97.1 Å². The van der Waals surface area contributed by atoms with Crippen LogP contribution in [0.1, 0.15) is 17.2 Å². The number of nitrogens with zero attached hydrogens (tertiary/aromatic N) is 1. The highest BCUT2D eigenvalue weighted by Crippen LogP contribution is 2.48. The number of nitrogens with one attached hydrogen (secondary N) is 1. The summed E-state index contributed by atoms with van der Waals surface area (Å²) in [6.45, 7) is 0. The normalized spacial score (nSPS) is 12.2. The van der Waals surface area contributed by atoms with Crippen LogP contribution >= 0.6 is 11.8 Å². The first-order chi connectivity index (χ1) is 14.8. The van der Waals surface area contributed by atoms with Crippen LogP contribution in [0.3, 0.4) is 0 Å². The molecule has 1 aliphatic rings. The van der Waals surface area contributed by atoms with Crippen LogP contribution in [0.5, 0.6) is 0 Å². The molecule has 0 fully saturated rings. The number of benzene rings is 4. The summed E-state index contributed by atoms with van der Waals surface area (Å²) in [6.07, 6.45) is 0. The molecule has 2 amide bonds. The number of fused-ring (bicyclic) bond motifs is 2. The Bertz CT molecular complexity index is 1090. The Labute approximate surface area is 180 Å². The van der Waals surface area contributed by atoms with Crippen molar-refractivity contribution in [1.29, 1.82) is 0 Å². The second-order valence-electron chi connectivity index (χ2n) is 7.08. The van der Waals surface area contributed by atoms with Crippen LogP contribution in [-0.4, -0.2) is 6.03 Å². The van der Waals surface area contributed by atoms with E-state index in [0.717, 1.165) is 32.3 Å². The largest absolute Gasteiger partial charge is 0.327 e. The van der Waals surface area contributed by atoms with Crippen molar-refractivity contribution in [1.82, 2.24) is 5.32 Å². The first-order valence-corrected chi connectivity index (χ1v) is 10.7. The van der Waals surface area contributed by atoms with Crippen molar-refractivity contribution in [3.8, 4) is 0 Å². The third-order valence-corrected chi connectivity index (χ3v) is 6.30. The quantitative estimate of drug-likeness (QED) is 0.405. The molecule has 4 aromatic carbocycles. The first-order valence-electron chi connectivity index (χ1n) is 9.88. The smallest absolute Gasteiger partial charge is 0.326 e. The molecule has 5 rings (SSSR count). The number of hydrogen-bond donors (Lipinski definition) is 1. The zero-order valence-corrected chi connectivity index (χ0v) is 17.0. The Morgan fingerprint density at radius 3 is 1.57 bits per heavy atom. The topological polar surface area (TPSA) is 32.3 Å². The van der Waals surface area contributed by atoms with Crippen molar-refractivity contribution in [2.45, 2.75) is 15.8 Å². The number of hydrogen-bond acceptors (Lipinski definition) is 2. The zero-order chi connectivity index (χ0) is 20.3. The van der Waals surface area contributed by atoms with Gasteiger partial charge in [0.1, 0.15) is 0 Å². The highest BCUT2D eigenvalue weighted by atomic mass is 32.2. The van der Waals surface area contributed by atoms with Gasteiger partial charge in [0, 0.05) is 9.79 Å². The maximum absolute atomic E-state index is 13.7. The van der Waals surface area contributed by atoms with Crippen LogP contribution in [-0.2, 0) is 0 Å². The Morgan fingerprint density at radius 1 is 0.633 bits per heavy atom. The minimum Gasteiger partial charge on any atom is -0.326 e. The van der Waals surface area contributed by atoms with Crippen molar-refractivity contribution < 1.29 is 4.79 Å². The van der Waals surface area contributed by atoms with Gasteiger partial charge in [-0.1, -0.05) is 96.7 Å². The summed E-state index contributed by atoms with van der Waals surface area (Å²) in [5, 5.41) is 3.28. The fourth-order valence-electron chi connectivity index (χ4n) is 3.76. The molecular weight excluding hydrogens is 388 g/mol. The van der Waals surface area contributed by atoms with E-state index >= 15 is 0 Å². The molecule has 0 saturated carbocycles. The molecule has 0 atom stereocenters. The molecule has 0 saturated heterocycles. The lowest BCUT2D eigenvalue weighted by molar-refractivity contribution is 0.246. The zero-order valence-electron chi connectivity index (χ0n) is 16.2. The van der Waals surface area contributed by atoms with Gasteiger partial charge < -0.3 is 5.32 Å². The number of anilines is 2. The Balaban J connectivity index is 1.56. The van der Waals surface area contributed by atoms with Crippen molar-refractivity contribution in [2.75, 3.05) is 4.90 Å². The second kappa shape index (κ2) is 8.09. The lowest BCUT2D eigenvalue weighted by Gasteiger charge is -2.32. The van der Waals surface area contributed by atoms with Gasteiger partial charge in [-0.2, -0.15) is 0 Å². The third-order valence-electron chi connectivity index (χ3n) is 5.17. The standard InChI is InChI=1S/C26H20N2OS/c29-26(27-25(19-11-3-1-4-12-19)20-13-5-2-6-14-20)28-21-15-7-9-17-23(21)30-24-18-10-8-16-22(24)28/h1-18,25H,(H,27,29). The summed E-state index contributed by atoms with van der Waals surface area (Å²) in [5.74, 6) is 0. The van der Waals surface area contributed by atoms with E-state index < -0.39 is 0 Å². The first kappa shape index (κ1) is 18.5. The minimum absolute atomic E-state index is 0.145. The van der Waals surface area contributed by atoms with E-state index in [0.29, 0.717) is 0 Å².